The maximum absolute atomic E-state index is 11.0. The molecule has 1 atom stereocenters. The largest absolute Gasteiger partial charge is 0.480 e. The van der Waals surface area contributed by atoms with Crippen LogP contribution in [0.4, 0.5) is 0 Å². The lowest BCUT2D eigenvalue weighted by atomic mass is 10.1. The van der Waals surface area contributed by atoms with E-state index in [1.165, 1.54) is 9.75 Å². The summed E-state index contributed by atoms with van der Waals surface area (Å²) in [6.07, 6.45) is 3.74. The summed E-state index contributed by atoms with van der Waals surface area (Å²) in [4.78, 5) is 13.6. The number of rotatable bonds is 8. The predicted octanol–water partition coefficient (Wildman–Crippen LogP) is 3.04. The Morgan fingerprint density at radius 3 is 2.65 bits per heavy atom. The molecule has 0 aromatic carbocycles. The zero-order chi connectivity index (χ0) is 12.7. The van der Waals surface area contributed by atoms with Gasteiger partial charge in [-0.25, -0.2) is 0 Å². The van der Waals surface area contributed by atoms with Crippen molar-refractivity contribution in [3.05, 3.63) is 21.9 Å². The van der Waals surface area contributed by atoms with Gasteiger partial charge in [0.05, 0.1) is 0 Å². The van der Waals surface area contributed by atoms with E-state index in [0.717, 1.165) is 19.3 Å². The molecular formula is C13H21NO2S. The van der Waals surface area contributed by atoms with Gasteiger partial charge in [0.1, 0.15) is 6.04 Å². The van der Waals surface area contributed by atoms with E-state index in [4.69, 9.17) is 5.11 Å². The topological polar surface area (TPSA) is 49.3 Å². The second kappa shape index (κ2) is 7.45. The van der Waals surface area contributed by atoms with E-state index in [-0.39, 0.29) is 0 Å². The van der Waals surface area contributed by atoms with Gasteiger partial charge < -0.3 is 5.11 Å². The standard InChI is InChI=1S/C13H21NO2S/c1-3-5-6-12(13(15)16)14-9-11-8-7-10(4-2)17-11/h7-8,12,14H,3-6,9H2,1-2H3,(H,15,16). The highest BCUT2D eigenvalue weighted by Gasteiger charge is 2.15. The van der Waals surface area contributed by atoms with Crippen molar-refractivity contribution in [3.8, 4) is 0 Å². The minimum Gasteiger partial charge on any atom is -0.480 e. The molecular weight excluding hydrogens is 234 g/mol. The number of aryl methyl sites for hydroxylation is 1. The Kier molecular flexibility index (Phi) is 6.22. The fraction of sp³-hybridized carbons (Fsp3) is 0.615. The number of thiophene rings is 1. The molecule has 0 saturated heterocycles. The van der Waals surface area contributed by atoms with Gasteiger partial charge >= 0.3 is 5.97 Å². The fourth-order valence-corrected chi connectivity index (χ4v) is 2.56. The normalized spacial score (nSPS) is 12.6. The molecule has 1 aromatic heterocycles. The molecule has 0 amide bonds. The summed E-state index contributed by atoms with van der Waals surface area (Å²) in [5.74, 6) is -0.745. The van der Waals surface area contributed by atoms with Crippen LogP contribution < -0.4 is 5.32 Å². The monoisotopic (exact) mass is 255 g/mol. The van der Waals surface area contributed by atoms with Crippen LogP contribution in [0.25, 0.3) is 0 Å². The third kappa shape index (κ3) is 4.88. The summed E-state index contributed by atoms with van der Waals surface area (Å²) in [5, 5.41) is 12.2. The Bertz CT molecular complexity index is 349. The smallest absolute Gasteiger partial charge is 0.320 e. The Labute approximate surface area is 107 Å². The molecule has 0 spiro atoms. The molecule has 96 valence electrons. The fourth-order valence-electron chi connectivity index (χ4n) is 1.65. The zero-order valence-corrected chi connectivity index (χ0v) is 11.3. The number of carbonyl (C=O) groups is 1. The average Bonchev–Trinajstić information content (AvgIpc) is 2.76. The maximum atomic E-state index is 11.0. The van der Waals surface area contributed by atoms with Crippen molar-refractivity contribution in [2.45, 2.75) is 52.1 Å². The lowest BCUT2D eigenvalue weighted by Crippen LogP contribution is -2.35. The summed E-state index contributed by atoms with van der Waals surface area (Å²) in [7, 11) is 0. The van der Waals surface area contributed by atoms with Gasteiger partial charge in [-0.1, -0.05) is 26.7 Å². The van der Waals surface area contributed by atoms with Gasteiger partial charge in [-0.3, -0.25) is 10.1 Å². The Morgan fingerprint density at radius 1 is 1.41 bits per heavy atom. The molecule has 0 aliphatic carbocycles. The van der Waals surface area contributed by atoms with E-state index in [1.807, 2.05) is 0 Å². The number of carboxylic acid groups (broad SMARTS) is 1. The SMILES string of the molecule is CCCCC(NCc1ccc(CC)s1)C(=O)O. The highest BCUT2D eigenvalue weighted by atomic mass is 32.1. The van der Waals surface area contributed by atoms with Crippen LogP contribution in [0.15, 0.2) is 12.1 Å². The van der Waals surface area contributed by atoms with Crippen LogP contribution in [-0.4, -0.2) is 17.1 Å². The number of unbranched alkanes of at least 4 members (excludes halogenated alkanes) is 1. The molecule has 0 fully saturated rings. The first-order valence-electron chi connectivity index (χ1n) is 6.21. The maximum Gasteiger partial charge on any atom is 0.320 e. The van der Waals surface area contributed by atoms with Gasteiger partial charge in [-0.05, 0) is 25.0 Å². The van der Waals surface area contributed by atoms with Gasteiger partial charge in [0.2, 0.25) is 0 Å². The van der Waals surface area contributed by atoms with E-state index in [0.29, 0.717) is 13.0 Å². The van der Waals surface area contributed by atoms with Gasteiger partial charge in [0.15, 0.2) is 0 Å². The summed E-state index contributed by atoms with van der Waals surface area (Å²) in [6, 6.07) is 3.78. The molecule has 1 heterocycles. The van der Waals surface area contributed by atoms with Gasteiger partial charge in [-0.15, -0.1) is 11.3 Å². The van der Waals surface area contributed by atoms with Crippen LogP contribution in [0.1, 0.15) is 42.9 Å². The van der Waals surface area contributed by atoms with Gasteiger partial charge in [0.25, 0.3) is 0 Å². The summed E-state index contributed by atoms with van der Waals surface area (Å²) in [5.41, 5.74) is 0. The van der Waals surface area contributed by atoms with E-state index in [2.05, 4.69) is 31.3 Å². The van der Waals surface area contributed by atoms with Crippen molar-refractivity contribution in [3.63, 3.8) is 0 Å². The second-order valence-corrected chi connectivity index (χ2v) is 5.39. The Balaban J connectivity index is 2.42. The van der Waals surface area contributed by atoms with Gasteiger partial charge in [0, 0.05) is 16.3 Å². The lowest BCUT2D eigenvalue weighted by molar-refractivity contribution is -0.139. The number of hydrogen-bond acceptors (Lipinski definition) is 3. The van der Waals surface area contributed by atoms with E-state index >= 15 is 0 Å². The van der Waals surface area contributed by atoms with Crippen molar-refractivity contribution in [1.29, 1.82) is 0 Å². The van der Waals surface area contributed by atoms with Crippen LogP contribution in [0.2, 0.25) is 0 Å². The first-order valence-corrected chi connectivity index (χ1v) is 7.02. The third-order valence-electron chi connectivity index (χ3n) is 2.73. The summed E-state index contributed by atoms with van der Waals surface area (Å²) in [6.45, 7) is 4.86. The highest BCUT2D eigenvalue weighted by Crippen LogP contribution is 2.17. The number of nitrogens with one attached hydrogen (secondary N) is 1. The average molecular weight is 255 g/mol. The van der Waals surface area contributed by atoms with Crippen LogP contribution in [0.5, 0.6) is 0 Å². The minimum atomic E-state index is -0.745. The minimum absolute atomic E-state index is 0.415. The highest BCUT2D eigenvalue weighted by molar-refractivity contribution is 7.11. The van der Waals surface area contributed by atoms with Crippen molar-refractivity contribution >= 4 is 17.3 Å². The molecule has 0 aliphatic heterocycles. The predicted molar refractivity (Wildman–Crippen MR) is 71.5 cm³/mol. The first kappa shape index (κ1) is 14.2. The Morgan fingerprint density at radius 2 is 2.12 bits per heavy atom. The van der Waals surface area contributed by atoms with Crippen molar-refractivity contribution in [1.82, 2.24) is 5.32 Å². The molecule has 1 unspecified atom stereocenters. The van der Waals surface area contributed by atoms with E-state index in [1.54, 1.807) is 11.3 Å². The van der Waals surface area contributed by atoms with E-state index in [9.17, 15) is 4.79 Å². The number of hydrogen-bond donors (Lipinski definition) is 2. The summed E-state index contributed by atoms with van der Waals surface area (Å²) >= 11 is 1.75. The first-order chi connectivity index (χ1) is 8.17. The third-order valence-corrected chi connectivity index (χ3v) is 3.96. The Hall–Kier alpha value is -0.870. The zero-order valence-electron chi connectivity index (χ0n) is 10.5. The van der Waals surface area contributed by atoms with Gasteiger partial charge in [-0.2, -0.15) is 0 Å². The lowest BCUT2D eigenvalue weighted by Gasteiger charge is -2.13. The molecule has 1 rings (SSSR count). The number of carboxylic acids is 1. The molecule has 0 saturated carbocycles. The molecule has 2 N–H and O–H groups in total. The molecule has 17 heavy (non-hydrogen) atoms. The molecule has 0 radical (unpaired) electrons. The van der Waals surface area contributed by atoms with Crippen molar-refractivity contribution in [2.24, 2.45) is 0 Å². The van der Waals surface area contributed by atoms with E-state index < -0.39 is 12.0 Å². The second-order valence-electron chi connectivity index (χ2n) is 4.14. The van der Waals surface area contributed by atoms with Crippen molar-refractivity contribution in [2.75, 3.05) is 0 Å². The van der Waals surface area contributed by atoms with Crippen LogP contribution in [0.3, 0.4) is 0 Å². The molecule has 0 bridgehead atoms. The molecule has 3 nitrogen and oxygen atoms in total. The molecule has 4 heteroatoms. The molecule has 1 aromatic rings. The van der Waals surface area contributed by atoms with Crippen molar-refractivity contribution < 1.29 is 9.90 Å². The van der Waals surface area contributed by atoms with Crippen LogP contribution in [-0.2, 0) is 17.8 Å². The van der Waals surface area contributed by atoms with Crippen LogP contribution >= 0.6 is 11.3 Å². The van der Waals surface area contributed by atoms with Crippen LogP contribution in [0, 0.1) is 0 Å². The number of aliphatic carboxylic acids is 1. The summed E-state index contributed by atoms with van der Waals surface area (Å²) < 4.78 is 0. The quantitative estimate of drug-likeness (QED) is 0.750. The molecule has 0 aliphatic rings.